The number of carbonyl (C=O) groups is 1. The van der Waals surface area contributed by atoms with Crippen molar-refractivity contribution in [2.75, 3.05) is 7.11 Å². The second kappa shape index (κ2) is 9.28. The van der Waals surface area contributed by atoms with Crippen molar-refractivity contribution in [3.05, 3.63) is 42.3 Å². The monoisotopic (exact) mass is 369 g/mol. The number of methoxy groups -OCH3 is 1. The molecule has 0 unspecified atom stereocenters. The van der Waals surface area contributed by atoms with Gasteiger partial charge in [-0.3, -0.25) is 4.79 Å². The molecule has 1 rings (SSSR count). The normalized spacial score (nSPS) is 8.40. The summed E-state index contributed by atoms with van der Waals surface area (Å²) in [6, 6.07) is 7.81. The molecule has 0 aliphatic carbocycles. The second-order valence-electron chi connectivity index (χ2n) is 2.82. The fourth-order valence-corrected chi connectivity index (χ4v) is 1.13. The summed E-state index contributed by atoms with van der Waals surface area (Å²) in [7, 11) is 1.40. The van der Waals surface area contributed by atoms with Crippen LogP contribution in [0.3, 0.4) is 0 Å². The van der Waals surface area contributed by atoms with Crippen molar-refractivity contribution in [3.8, 4) is 0 Å². The molecular weight excluding hydrogens is 356 g/mol. The van der Waals surface area contributed by atoms with Crippen LogP contribution < -0.4 is 0 Å². The summed E-state index contributed by atoms with van der Waals surface area (Å²) in [5.41, 5.74) is 2.12. The average molecular weight is 371 g/mol. The zero-order chi connectivity index (χ0) is 9.68. The molecule has 2 nitrogen and oxygen atoms in total. The van der Waals surface area contributed by atoms with Gasteiger partial charge in [-0.15, -0.1) is 24.0 Å². The molecule has 0 aliphatic rings. The Morgan fingerprint density at radius 3 is 2.53 bits per heavy atom. The van der Waals surface area contributed by atoms with Crippen molar-refractivity contribution in [1.82, 2.24) is 0 Å². The van der Waals surface area contributed by atoms with Gasteiger partial charge in [0.2, 0.25) is 0 Å². The number of esters is 1. The molecule has 0 spiro atoms. The Bertz CT molecular complexity index is 302. The summed E-state index contributed by atoms with van der Waals surface area (Å²) in [6.07, 6.45) is 1.08. The van der Waals surface area contributed by atoms with E-state index in [1.807, 2.05) is 24.3 Å². The van der Waals surface area contributed by atoms with E-state index in [2.05, 4.69) is 11.7 Å². The first-order valence-electron chi connectivity index (χ1n) is 4.20. The van der Waals surface area contributed by atoms with Crippen molar-refractivity contribution in [1.29, 1.82) is 0 Å². The van der Waals surface area contributed by atoms with Gasteiger partial charge in [-0.05, 0) is 5.56 Å². The fraction of sp³-hybridized carbons (Fsp3) is 0.273. The van der Waals surface area contributed by atoms with E-state index in [0.29, 0.717) is 6.42 Å². The van der Waals surface area contributed by atoms with Gasteiger partial charge in [-0.1, -0.05) is 29.8 Å². The standard InChI is InChI=1S/C11H13O2.HI.Zn/c1-3-9-5-4-6-10(7-9)8-11(12)13-2;;/h4-7H,1,3,8H2,2H3;1H;/q-1;;. The molecule has 4 heteroatoms. The fourth-order valence-electron chi connectivity index (χ4n) is 1.13. The average Bonchev–Trinajstić information content (AvgIpc) is 2.18. The minimum atomic E-state index is -0.207. The zero-order valence-electron chi connectivity index (χ0n) is 8.86. The van der Waals surface area contributed by atoms with Gasteiger partial charge in [0.25, 0.3) is 0 Å². The van der Waals surface area contributed by atoms with Gasteiger partial charge in [0, 0.05) is 19.5 Å². The number of carbonyl (C=O) groups excluding carboxylic acids is 1. The molecule has 0 fully saturated rings. The molecule has 0 atom stereocenters. The minimum absolute atomic E-state index is 0. The summed E-state index contributed by atoms with van der Waals surface area (Å²) >= 11 is 0. The van der Waals surface area contributed by atoms with Gasteiger partial charge in [-0.25, -0.2) is 0 Å². The SMILES string of the molecule is I.[CH2-]Cc1cccc(CC(=O)OC)c1.[Zn]. The molecule has 0 heterocycles. The molecule has 0 radical (unpaired) electrons. The summed E-state index contributed by atoms with van der Waals surface area (Å²) in [6.45, 7) is 3.78. The Morgan fingerprint density at radius 1 is 1.40 bits per heavy atom. The van der Waals surface area contributed by atoms with E-state index in [0.717, 1.165) is 17.5 Å². The third-order valence-electron chi connectivity index (χ3n) is 1.86. The maximum Gasteiger partial charge on any atom is 0.309 e. The largest absolute Gasteiger partial charge is 0.469 e. The van der Waals surface area contributed by atoms with Crippen molar-refractivity contribution in [2.24, 2.45) is 0 Å². The van der Waals surface area contributed by atoms with Gasteiger partial charge >= 0.3 is 5.97 Å². The van der Waals surface area contributed by atoms with Gasteiger partial charge in [0.05, 0.1) is 13.5 Å². The van der Waals surface area contributed by atoms with Crippen LogP contribution in [-0.2, 0) is 41.9 Å². The van der Waals surface area contributed by atoms with Gasteiger partial charge in [0.15, 0.2) is 0 Å². The molecule has 0 amide bonds. The third kappa shape index (κ3) is 6.26. The number of ether oxygens (including phenoxy) is 1. The first kappa shape index (κ1) is 17.4. The maximum atomic E-state index is 10.9. The first-order chi connectivity index (χ1) is 6.26. The summed E-state index contributed by atoms with van der Waals surface area (Å²) < 4.78 is 4.57. The number of hydrogen-bond acceptors (Lipinski definition) is 2. The summed E-state index contributed by atoms with van der Waals surface area (Å²) in [5.74, 6) is -0.207. The molecule has 1 aromatic rings. The Labute approximate surface area is 121 Å². The number of benzene rings is 1. The molecule has 0 saturated heterocycles. The topological polar surface area (TPSA) is 26.3 Å². The van der Waals surface area contributed by atoms with Crippen LogP contribution in [0.1, 0.15) is 11.1 Å². The van der Waals surface area contributed by atoms with E-state index < -0.39 is 0 Å². The zero-order valence-corrected chi connectivity index (χ0v) is 14.2. The van der Waals surface area contributed by atoms with Crippen LogP contribution in [-0.4, -0.2) is 13.1 Å². The Morgan fingerprint density at radius 2 is 2.00 bits per heavy atom. The first-order valence-corrected chi connectivity index (χ1v) is 4.20. The minimum Gasteiger partial charge on any atom is -0.469 e. The van der Waals surface area contributed by atoms with E-state index in [4.69, 9.17) is 0 Å². The quantitative estimate of drug-likeness (QED) is 0.353. The molecular formula is C11H14IO2Zn-. The molecule has 0 N–H and O–H groups in total. The second-order valence-corrected chi connectivity index (χ2v) is 2.82. The summed E-state index contributed by atoms with van der Waals surface area (Å²) in [5, 5.41) is 0. The number of halogens is 1. The molecule has 15 heavy (non-hydrogen) atoms. The predicted octanol–water partition coefficient (Wildman–Crippen LogP) is 2.39. The number of rotatable bonds is 3. The van der Waals surface area contributed by atoms with E-state index in [9.17, 15) is 4.79 Å². The van der Waals surface area contributed by atoms with Crippen molar-refractivity contribution in [3.63, 3.8) is 0 Å². The Hall–Kier alpha value is 0.0434. The van der Waals surface area contributed by atoms with Crippen molar-refractivity contribution in [2.45, 2.75) is 12.8 Å². The van der Waals surface area contributed by atoms with E-state index in [1.54, 1.807) is 0 Å². The van der Waals surface area contributed by atoms with Crippen LogP contribution >= 0.6 is 24.0 Å². The van der Waals surface area contributed by atoms with E-state index in [1.165, 1.54) is 7.11 Å². The van der Waals surface area contributed by atoms with Crippen LogP contribution in [0.15, 0.2) is 24.3 Å². The Kier molecular flexibility index (Phi) is 10.8. The van der Waals surface area contributed by atoms with Crippen molar-refractivity contribution < 1.29 is 29.0 Å². The molecule has 0 aromatic heterocycles. The molecule has 1 aromatic carbocycles. The smallest absolute Gasteiger partial charge is 0.309 e. The van der Waals surface area contributed by atoms with Crippen LogP contribution in [0.5, 0.6) is 0 Å². The van der Waals surface area contributed by atoms with Crippen LogP contribution in [0.4, 0.5) is 0 Å². The van der Waals surface area contributed by atoms with E-state index >= 15 is 0 Å². The molecule has 80 valence electrons. The van der Waals surface area contributed by atoms with Gasteiger partial charge in [-0.2, -0.15) is 6.42 Å². The van der Waals surface area contributed by atoms with Crippen molar-refractivity contribution >= 4 is 29.9 Å². The maximum absolute atomic E-state index is 10.9. The van der Waals surface area contributed by atoms with E-state index in [-0.39, 0.29) is 49.4 Å². The third-order valence-corrected chi connectivity index (χ3v) is 1.86. The van der Waals surface area contributed by atoms with Crippen LogP contribution in [0, 0.1) is 6.92 Å². The molecule has 0 bridgehead atoms. The predicted molar refractivity (Wildman–Crippen MR) is 66.6 cm³/mol. The number of hydrogen-bond donors (Lipinski definition) is 0. The molecule has 0 aliphatic heterocycles. The Balaban J connectivity index is 0. The van der Waals surface area contributed by atoms with Crippen LogP contribution in [0.2, 0.25) is 0 Å². The summed E-state index contributed by atoms with van der Waals surface area (Å²) in [4.78, 5) is 10.9. The van der Waals surface area contributed by atoms with Gasteiger partial charge in [0.1, 0.15) is 0 Å². The molecule has 0 saturated carbocycles. The van der Waals surface area contributed by atoms with Gasteiger partial charge < -0.3 is 11.7 Å². The van der Waals surface area contributed by atoms with Crippen LogP contribution in [0.25, 0.3) is 0 Å².